The fourth-order valence-corrected chi connectivity index (χ4v) is 7.10. The van der Waals surface area contributed by atoms with Crippen molar-refractivity contribution >= 4 is 11.6 Å². The Balaban J connectivity index is 1.42. The first kappa shape index (κ1) is 21.7. The predicted molar refractivity (Wildman–Crippen MR) is 159 cm³/mol. The molecule has 0 amide bonds. The molecule has 0 radical (unpaired) electrons. The maximum atomic E-state index is 6.28. The maximum Gasteiger partial charge on any atom is 0.0731 e. The van der Waals surface area contributed by atoms with E-state index in [0.29, 0.717) is 0 Å². The topological polar surface area (TPSA) is 0 Å². The van der Waals surface area contributed by atoms with E-state index >= 15 is 0 Å². The van der Waals surface area contributed by atoms with Crippen LogP contribution in [0, 0.1) is 0 Å². The van der Waals surface area contributed by atoms with Crippen LogP contribution in [0.5, 0.6) is 0 Å². The molecular formula is C37H23Cl. The Morgan fingerprint density at radius 3 is 1.45 bits per heavy atom. The monoisotopic (exact) mass is 502 g/mol. The van der Waals surface area contributed by atoms with Gasteiger partial charge in [-0.25, -0.2) is 0 Å². The molecule has 0 unspecified atom stereocenters. The van der Waals surface area contributed by atoms with Crippen molar-refractivity contribution < 1.29 is 0 Å². The number of fused-ring (bicyclic) bond motifs is 10. The van der Waals surface area contributed by atoms with Gasteiger partial charge in [-0.15, -0.1) is 0 Å². The van der Waals surface area contributed by atoms with E-state index in [1.54, 1.807) is 0 Å². The first-order chi connectivity index (χ1) is 18.8. The second-order valence-electron chi connectivity index (χ2n) is 10.2. The van der Waals surface area contributed by atoms with Gasteiger partial charge in [0.1, 0.15) is 0 Å². The highest BCUT2D eigenvalue weighted by Gasteiger charge is 2.52. The van der Waals surface area contributed by atoms with Crippen molar-refractivity contribution in [1.82, 2.24) is 0 Å². The van der Waals surface area contributed by atoms with Crippen LogP contribution in [0.1, 0.15) is 22.3 Å². The molecule has 0 N–H and O–H groups in total. The molecule has 2 aliphatic rings. The van der Waals surface area contributed by atoms with Gasteiger partial charge in [0.15, 0.2) is 0 Å². The van der Waals surface area contributed by atoms with Gasteiger partial charge in [0.05, 0.1) is 5.41 Å². The molecule has 0 saturated carbocycles. The van der Waals surface area contributed by atoms with E-state index in [0.717, 1.165) is 10.6 Å². The highest BCUT2D eigenvalue weighted by atomic mass is 35.5. The zero-order valence-corrected chi connectivity index (χ0v) is 21.4. The van der Waals surface area contributed by atoms with Gasteiger partial charge in [0.25, 0.3) is 0 Å². The summed E-state index contributed by atoms with van der Waals surface area (Å²) in [7, 11) is 0. The summed E-state index contributed by atoms with van der Waals surface area (Å²) in [5, 5.41) is 0.755. The van der Waals surface area contributed by atoms with E-state index in [1.807, 2.05) is 18.2 Å². The summed E-state index contributed by atoms with van der Waals surface area (Å²) >= 11 is 6.28. The Morgan fingerprint density at radius 2 is 0.842 bits per heavy atom. The van der Waals surface area contributed by atoms with Crippen molar-refractivity contribution in [3.05, 3.63) is 167 Å². The summed E-state index contributed by atoms with van der Waals surface area (Å²) < 4.78 is 0. The SMILES string of the molecule is Clc1cccc(-c2ccc(-c3cccc4c3C3(c5ccccc5-c5ccccc53)c3ccccc3-4)cc2)c1. The molecule has 0 heterocycles. The average molecular weight is 503 g/mol. The molecule has 178 valence electrons. The normalized spacial score (nSPS) is 13.6. The lowest BCUT2D eigenvalue weighted by atomic mass is 9.68. The number of rotatable bonds is 2. The quantitative estimate of drug-likeness (QED) is 0.220. The van der Waals surface area contributed by atoms with Gasteiger partial charge >= 0.3 is 0 Å². The summed E-state index contributed by atoms with van der Waals surface area (Å²) in [5.41, 5.74) is 15.3. The van der Waals surface area contributed by atoms with Gasteiger partial charge in [-0.1, -0.05) is 139 Å². The second kappa shape index (κ2) is 8.05. The fourth-order valence-electron chi connectivity index (χ4n) is 6.91. The Bertz CT molecular complexity index is 1810. The van der Waals surface area contributed by atoms with Crippen LogP contribution in [0.2, 0.25) is 5.02 Å². The molecule has 2 aliphatic carbocycles. The van der Waals surface area contributed by atoms with Gasteiger partial charge in [-0.05, 0) is 78.9 Å². The van der Waals surface area contributed by atoms with Gasteiger partial charge in [-0.3, -0.25) is 0 Å². The maximum absolute atomic E-state index is 6.28. The van der Waals surface area contributed by atoms with Crippen molar-refractivity contribution in [2.24, 2.45) is 0 Å². The summed E-state index contributed by atoms with van der Waals surface area (Å²) in [5.74, 6) is 0. The Labute approximate surface area is 227 Å². The lowest BCUT2D eigenvalue weighted by Crippen LogP contribution is -2.26. The molecule has 6 aromatic rings. The minimum atomic E-state index is -0.346. The van der Waals surface area contributed by atoms with Gasteiger partial charge in [0, 0.05) is 5.02 Å². The lowest BCUT2D eigenvalue weighted by molar-refractivity contribution is 0.796. The molecule has 0 nitrogen and oxygen atoms in total. The molecule has 1 spiro atoms. The first-order valence-corrected chi connectivity index (χ1v) is 13.4. The van der Waals surface area contributed by atoms with Crippen LogP contribution in [0.15, 0.2) is 140 Å². The van der Waals surface area contributed by atoms with Crippen LogP contribution in [0.4, 0.5) is 0 Å². The molecule has 0 fully saturated rings. The Hall–Kier alpha value is -4.39. The third-order valence-electron chi connectivity index (χ3n) is 8.37. The lowest BCUT2D eigenvalue weighted by Gasteiger charge is -2.32. The minimum Gasteiger partial charge on any atom is -0.0843 e. The first-order valence-electron chi connectivity index (χ1n) is 13.1. The zero-order valence-electron chi connectivity index (χ0n) is 20.7. The van der Waals surface area contributed by atoms with E-state index in [-0.39, 0.29) is 5.41 Å². The van der Waals surface area contributed by atoms with Crippen LogP contribution in [-0.4, -0.2) is 0 Å². The highest BCUT2D eigenvalue weighted by molar-refractivity contribution is 6.30. The average Bonchev–Trinajstić information content (AvgIpc) is 3.45. The van der Waals surface area contributed by atoms with Crippen molar-refractivity contribution in [3.8, 4) is 44.5 Å². The molecular weight excluding hydrogens is 480 g/mol. The predicted octanol–water partition coefficient (Wildman–Crippen LogP) is 10.0. The molecule has 1 heteroatoms. The molecule has 0 aliphatic heterocycles. The molecule has 38 heavy (non-hydrogen) atoms. The molecule has 0 bridgehead atoms. The number of halogens is 1. The molecule has 0 saturated heterocycles. The van der Waals surface area contributed by atoms with Gasteiger partial charge < -0.3 is 0 Å². The number of hydrogen-bond acceptors (Lipinski definition) is 0. The fraction of sp³-hybridized carbons (Fsp3) is 0.0270. The number of benzene rings is 6. The van der Waals surface area contributed by atoms with E-state index < -0.39 is 0 Å². The molecule has 0 atom stereocenters. The second-order valence-corrected chi connectivity index (χ2v) is 10.6. The third-order valence-corrected chi connectivity index (χ3v) is 8.60. The smallest absolute Gasteiger partial charge is 0.0731 e. The van der Waals surface area contributed by atoms with Crippen molar-refractivity contribution in [3.63, 3.8) is 0 Å². The van der Waals surface area contributed by atoms with Gasteiger partial charge in [0.2, 0.25) is 0 Å². The molecule has 6 aromatic carbocycles. The highest BCUT2D eigenvalue weighted by Crippen LogP contribution is 2.64. The van der Waals surface area contributed by atoms with E-state index in [1.165, 1.54) is 61.2 Å². The van der Waals surface area contributed by atoms with Crippen LogP contribution >= 0.6 is 11.6 Å². The largest absolute Gasteiger partial charge is 0.0843 e. The summed E-state index contributed by atoms with van der Waals surface area (Å²) in [4.78, 5) is 0. The standard InChI is InChI=1S/C37H23Cl/c38-27-10-7-9-26(23-27)24-19-21-25(22-20-24)28-14-8-15-32-31-13-3-6-18-35(31)37(36(28)32)33-16-4-1-11-29(33)30-12-2-5-17-34(30)37/h1-23H. The summed E-state index contributed by atoms with van der Waals surface area (Å²) in [6.45, 7) is 0. The number of hydrogen-bond donors (Lipinski definition) is 0. The Kier molecular flexibility index (Phi) is 4.59. The van der Waals surface area contributed by atoms with Crippen LogP contribution in [0.3, 0.4) is 0 Å². The van der Waals surface area contributed by atoms with E-state index in [2.05, 4.69) is 121 Å². The van der Waals surface area contributed by atoms with Crippen molar-refractivity contribution in [2.75, 3.05) is 0 Å². The van der Waals surface area contributed by atoms with Crippen LogP contribution in [-0.2, 0) is 5.41 Å². The molecule has 0 aromatic heterocycles. The summed E-state index contributed by atoms with van der Waals surface area (Å²) in [6, 6.07) is 50.7. The summed E-state index contributed by atoms with van der Waals surface area (Å²) in [6.07, 6.45) is 0. The minimum absolute atomic E-state index is 0.346. The van der Waals surface area contributed by atoms with Crippen molar-refractivity contribution in [2.45, 2.75) is 5.41 Å². The van der Waals surface area contributed by atoms with Crippen molar-refractivity contribution in [1.29, 1.82) is 0 Å². The van der Waals surface area contributed by atoms with Gasteiger partial charge in [-0.2, -0.15) is 0 Å². The zero-order chi connectivity index (χ0) is 25.3. The van der Waals surface area contributed by atoms with Crippen LogP contribution in [0.25, 0.3) is 44.5 Å². The molecule has 8 rings (SSSR count). The Morgan fingerprint density at radius 1 is 0.368 bits per heavy atom. The van der Waals surface area contributed by atoms with E-state index in [9.17, 15) is 0 Å². The third kappa shape index (κ3) is 2.81. The van der Waals surface area contributed by atoms with Crippen LogP contribution < -0.4 is 0 Å². The van der Waals surface area contributed by atoms with E-state index in [4.69, 9.17) is 11.6 Å².